The Morgan fingerprint density at radius 1 is 1.41 bits per heavy atom. The van der Waals surface area contributed by atoms with Crippen molar-refractivity contribution in [1.29, 1.82) is 0 Å². The van der Waals surface area contributed by atoms with Crippen LogP contribution in [0.4, 0.5) is 10.1 Å². The van der Waals surface area contributed by atoms with E-state index in [0.29, 0.717) is 24.4 Å². The standard InChI is InChI=1S/C14H18FNO/c1-2-16(10-11-6-5-9-14(11)17)13-8-4-3-7-12(13)15/h3-4,7-8,11H,2,5-6,9-10H2,1H3. The fraction of sp³-hybridized carbons (Fsp3) is 0.500. The molecule has 2 rings (SSSR count). The van der Waals surface area contributed by atoms with Gasteiger partial charge in [0.15, 0.2) is 0 Å². The second kappa shape index (κ2) is 5.30. The minimum absolute atomic E-state index is 0.0922. The van der Waals surface area contributed by atoms with Crippen molar-refractivity contribution < 1.29 is 9.18 Å². The minimum Gasteiger partial charge on any atom is -0.369 e. The molecule has 0 radical (unpaired) electrons. The molecule has 0 heterocycles. The number of anilines is 1. The molecule has 0 bridgehead atoms. The number of para-hydroxylation sites is 1. The van der Waals surface area contributed by atoms with Crippen LogP contribution in [0.5, 0.6) is 0 Å². The van der Waals surface area contributed by atoms with Crippen molar-refractivity contribution in [2.45, 2.75) is 26.2 Å². The van der Waals surface area contributed by atoms with Crippen LogP contribution < -0.4 is 4.90 Å². The zero-order valence-corrected chi connectivity index (χ0v) is 10.2. The van der Waals surface area contributed by atoms with Gasteiger partial charge in [-0.3, -0.25) is 4.79 Å². The highest BCUT2D eigenvalue weighted by Crippen LogP contribution is 2.26. The van der Waals surface area contributed by atoms with Crippen LogP contribution in [0.1, 0.15) is 26.2 Å². The van der Waals surface area contributed by atoms with Gasteiger partial charge in [-0.1, -0.05) is 12.1 Å². The van der Waals surface area contributed by atoms with Crippen molar-refractivity contribution in [2.24, 2.45) is 5.92 Å². The molecule has 1 aromatic rings. The summed E-state index contributed by atoms with van der Waals surface area (Å²) in [4.78, 5) is 13.6. The lowest BCUT2D eigenvalue weighted by molar-refractivity contribution is -0.120. The van der Waals surface area contributed by atoms with Gasteiger partial charge in [-0.2, -0.15) is 0 Å². The van der Waals surface area contributed by atoms with Gasteiger partial charge in [-0.05, 0) is 31.9 Å². The molecule has 3 heteroatoms. The molecule has 1 unspecified atom stereocenters. The Balaban J connectivity index is 2.11. The predicted molar refractivity (Wildman–Crippen MR) is 66.6 cm³/mol. The first-order valence-corrected chi connectivity index (χ1v) is 6.24. The molecule has 1 aromatic carbocycles. The van der Waals surface area contributed by atoms with Crippen LogP contribution >= 0.6 is 0 Å². The zero-order chi connectivity index (χ0) is 12.3. The fourth-order valence-corrected chi connectivity index (χ4v) is 2.45. The van der Waals surface area contributed by atoms with Gasteiger partial charge >= 0.3 is 0 Å². The molecule has 0 N–H and O–H groups in total. The maximum absolute atomic E-state index is 13.7. The first kappa shape index (κ1) is 12.1. The summed E-state index contributed by atoms with van der Waals surface area (Å²) in [5.74, 6) is 0.217. The quantitative estimate of drug-likeness (QED) is 0.799. The van der Waals surface area contributed by atoms with Crippen molar-refractivity contribution in [3.63, 3.8) is 0 Å². The van der Waals surface area contributed by atoms with Gasteiger partial charge < -0.3 is 4.90 Å². The Hall–Kier alpha value is -1.38. The van der Waals surface area contributed by atoms with E-state index in [-0.39, 0.29) is 11.7 Å². The van der Waals surface area contributed by atoms with E-state index in [2.05, 4.69) is 0 Å². The largest absolute Gasteiger partial charge is 0.369 e. The summed E-state index contributed by atoms with van der Waals surface area (Å²) in [6.45, 7) is 3.37. The maximum Gasteiger partial charge on any atom is 0.146 e. The Morgan fingerprint density at radius 2 is 2.18 bits per heavy atom. The highest BCUT2D eigenvalue weighted by Gasteiger charge is 2.26. The van der Waals surface area contributed by atoms with Gasteiger partial charge in [0, 0.05) is 25.4 Å². The van der Waals surface area contributed by atoms with Crippen LogP contribution in [-0.2, 0) is 4.79 Å². The summed E-state index contributed by atoms with van der Waals surface area (Å²) in [7, 11) is 0. The first-order chi connectivity index (χ1) is 8.22. The summed E-state index contributed by atoms with van der Waals surface area (Å²) in [6, 6.07) is 6.76. The van der Waals surface area contributed by atoms with E-state index in [4.69, 9.17) is 0 Å². The normalized spacial score (nSPS) is 19.6. The summed E-state index contributed by atoms with van der Waals surface area (Å²) in [5, 5.41) is 0. The first-order valence-electron chi connectivity index (χ1n) is 6.24. The third kappa shape index (κ3) is 2.65. The number of benzene rings is 1. The Labute approximate surface area is 101 Å². The van der Waals surface area contributed by atoms with Crippen LogP contribution in [0.3, 0.4) is 0 Å². The molecule has 1 atom stereocenters. The number of carbonyl (C=O) groups excluding carboxylic acids is 1. The molecule has 1 aliphatic rings. The van der Waals surface area contributed by atoms with Crippen LogP contribution in [0.15, 0.2) is 24.3 Å². The average Bonchev–Trinajstić information content (AvgIpc) is 2.73. The van der Waals surface area contributed by atoms with Crippen molar-refractivity contribution >= 4 is 11.5 Å². The third-order valence-electron chi connectivity index (χ3n) is 3.45. The molecular formula is C14H18FNO. The summed E-state index contributed by atoms with van der Waals surface area (Å²) in [5.41, 5.74) is 0.606. The van der Waals surface area contributed by atoms with Crippen LogP contribution in [0.25, 0.3) is 0 Å². The van der Waals surface area contributed by atoms with E-state index in [9.17, 15) is 9.18 Å². The molecule has 17 heavy (non-hydrogen) atoms. The smallest absolute Gasteiger partial charge is 0.146 e. The van der Waals surface area contributed by atoms with E-state index >= 15 is 0 Å². The number of rotatable bonds is 4. The number of carbonyl (C=O) groups is 1. The van der Waals surface area contributed by atoms with Gasteiger partial charge in [0.2, 0.25) is 0 Å². The number of nitrogens with zero attached hydrogens (tertiary/aromatic N) is 1. The second-order valence-electron chi connectivity index (χ2n) is 4.55. The molecule has 2 nitrogen and oxygen atoms in total. The lowest BCUT2D eigenvalue weighted by atomic mass is 10.1. The third-order valence-corrected chi connectivity index (χ3v) is 3.45. The molecule has 0 aromatic heterocycles. The van der Waals surface area contributed by atoms with Crippen molar-refractivity contribution in [2.75, 3.05) is 18.0 Å². The van der Waals surface area contributed by atoms with E-state index in [1.165, 1.54) is 6.07 Å². The molecule has 1 saturated carbocycles. The van der Waals surface area contributed by atoms with Crippen LogP contribution in [0, 0.1) is 11.7 Å². The van der Waals surface area contributed by atoms with Gasteiger partial charge in [-0.25, -0.2) is 4.39 Å². The highest BCUT2D eigenvalue weighted by atomic mass is 19.1. The molecule has 0 spiro atoms. The SMILES string of the molecule is CCN(CC1CCCC1=O)c1ccccc1F. The average molecular weight is 235 g/mol. The summed E-state index contributed by atoms with van der Waals surface area (Å²) < 4.78 is 13.7. The molecule has 1 aliphatic carbocycles. The number of Topliss-reactive ketones (excluding diaryl/α,β-unsaturated/α-hetero) is 1. The number of ketones is 1. The van der Waals surface area contributed by atoms with E-state index < -0.39 is 0 Å². The molecule has 1 fully saturated rings. The van der Waals surface area contributed by atoms with E-state index in [0.717, 1.165) is 19.4 Å². The lowest BCUT2D eigenvalue weighted by Crippen LogP contribution is -2.31. The Morgan fingerprint density at radius 3 is 2.76 bits per heavy atom. The van der Waals surface area contributed by atoms with Crippen molar-refractivity contribution in [1.82, 2.24) is 0 Å². The molecule has 0 amide bonds. The second-order valence-corrected chi connectivity index (χ2v) is 4.55. The molecule has 0 saturated heterocycles. The lowest BCUT2D eigenvalue weighted by Gasteiger charge is -2.26. The highest BCUT2D eigenvalue weighted by molar-refractivity contribution is 5.83. The maximum atomic E-state index is 13.7. The number of hydrogen-bond donors (Lipinski definition) is 0. The van der Waals surface area contributed by atoms with Crippen molar-refractivity contribution in [3.05, 3.63) is 30.1 Å². The Kier molecular flexibility index (Phi) is 3.77. The number of halogens is 1. The predicted octanol–water partition coefficient (Wildman–Crippen LogP) is 3.02. The van der Waals surface area contributed by atoms with Gasteiger partial charge in [0.1, 0.15) is 11.6 Å². The minimum atomic E-state index is -0.209. The monoisotopic (exact) mass is 235 g/mol. The summed E-state index contributed by atoms with van der Waals surface area (Å²) in [6.07, 6.45) is 2.63. The zero-order valence-electron chi connectivity index (χ0n) is 10.2. The Bertz CT molecular complexity index is 405. The van der Waals surface area contributed by atoms with E-state index in [1.807, 2.05) is 17.9 Å². The van der Waals surface area contributed by atoms with Gasteiger partial charge in [-0.15, -0.1) is 0 Å². The van der Waals surface area contributed by atoms with Gasteiger partial charge in [0.25, 0.3) is 0 Å². The topological polar surface area (TPSA) is 20.3 Å². The number of hydrogen-bond acceptors (Lipinski definition) is 2. The van der Waals surface area contributed by atoms with Crippen LogP contribution in [0.2, 0.25) is 0 Å². The van der Waals surface area contributed by atoms with E-state index in [1.54, 1.807) is 12.1 Å². The van der Waals surface area contributed by atoms with Crippen LogP contribution in [-0.4, -0.2) is 18.9 Å². The van der Waals surface area contributed by atoms with Crippen molar-refractivity contribution in [3.8, 4) is 0 Å². The summed E-state index contributed by atoms with van der Waals surface area (Å²) >= 11 is 0. The molecular weight excluding hydrogens is 217 g/mol. The molecule has 92 valence electrons. The molecule has 0 aliphatic heterocycles. The fourth-order valence-electron chi connectivity index (χ4n) is 2.45. The van der Waals surface area contributed by atoms with Gasteiger partial charge in [0.05, 0.1) is 5.69 Å².